The number of aryl methyl sites for hydroxylation is 1. The Hall–Kier alpha value is -2.53. The van der Waals surface area contributed by atoms with E-state index in [2.05, 4.69) is 42.3 Å². The lowest BCUT2D eigenvalue weighted by molar-refractivity contribution is 0.0666. The summed E-state index contributed by atoms with van der Waals surface area (Å²) in [6.07, 6.45) is 2.01. The number of nitrogens with zero attached hydrogens (tertiary/aromatic N) is 2. The standard InChI is InChI=1S/C22H27N3O2/c1-3-24(12-13-26)17-10-11-18(15(2)14-17)21-23-20-7-5-4-6-19(20)22(27)25(21)16-8-9-16/h4-7,10-11,14,16,21,23,26H,3,8-9,12-13H2,1-2H3/t21-/m1/s1. The molecule has 0 aromatic heterocycles. The lowest BCUT2D eigenvalue weighted by Crippen LogP contribution is -2.44. The topological polar surface area (TPSA) is 55.8 Å². The monoisotopic (exact) mass is 365 g/mol. The summed E-state index contributed by atoms with van der Waals surface area (Å²) in [4.78, 5) is 17.3. The van der Waals surface area contributed by atoms with Crippen molar-refractivity contribution in [1.82, 2.24) is 4.90 Å². The fraction of sp³-hybridized carbons (Fsp3) is 0.409. The van der Waals surface area contributed by atoms with Crippen LogP contribution in [0, 0.1) is 6.92 Å². The van der Waals surface area contributed by atoms with E-state index >= 15 is 0 Å². The highest BCUT2D eigenvalue weighted by Crippen LogP contribution is 2.41. The van der Waals surface area contributed by atoms with E-state index in [9.17, 15) is 9.90 Å². The molecule has 0 unspecified atom stereocenters. The molecule has 142 valence electrons. The molecule has 1 amide bonds. The fourth-order valence-corrected chi connectivity index (χ4v) is 3.98. The number of anilines is 2. The zero-order valence-electron chi connectivity index (χ0n) is 16.0. The molecule has 2 aromatic rings. The molecule has 0 bridgehead atoms. The van der Waals surface area contributed by atoms with Gasteiger partial charge in [0.2, 0.25) is 0 Å². The van der Waals surface area contributed by atoms with E-state index in [-0.39, 0.29) is 18.7 Å². The number of hydrogen-bond donors (Lipinski definition) is 2. The van der Waals surface area contributed by atoms with Crippen LogP contribution in [-0.4, -0.2) is 41.7 Å². The smallest absolute Gasteiger partial charge is 0.258 e. The van der Waals surface area contributed by atoms with Crippen LogP contribution in [0.25, 0.3) is 0 Å². The number of amides is 1. The van der Waals surface area contributed by atoms with Gasteiger partial charge in [-0.15, -0.1) is 0 Å². The Balaban J connectivity index is 1.70. The number of hydrogen-bond acceptors (Lipinski definition) is 4. The molecule has 0 saturated heterocycles. The summed E-state index contributed by atoms with van der Waals surface area (Å²) in [6.45, 7) is 5.80. The van der Waals surface area contributed by atoms with Gasteiger partial charge in [-0.3, -0.25) is 4.79 Å². The lowest BCUT2D eigenvalue weighted by atomic mass is 9.99. The van der Waals surface area contributed by atoms with Crippen LogP contribution in [-0.2, 0) is 0 Å². The Bertz CT molecular complexity index is 847. The molecule has 2 aromatic carbocycles. The third-order valence-corrected chi connectivity index (χ3v) is 5.57. The van der Waals surface area contributed by atoms with Crippen LogP contribution in [0.2, 0.25) is 0 Å². The number of likely N-dealkylation sites (N-methyl/N-ethyl adjacent to an activating group) is 1. The van der Waals surface area contributed by atoms with Gasteiger partial charge in [0.25, 0.3) is 5.91 Å². The fourth-order valence-electron chi connectivity index (χ4n) is 3.98. The van der Waals surface area contributed by atoms with Gasteiger partial charge in [0.05, 0.1) is 12.2 Å². The Morgan fingerprint density at radius 2 is 2.00 bits per heavy atom. The first-order valence-electron chi connectivity index (χ1n) is 9.78. The Labute approximate surface area is 160 Å². The molecule has 1 heterocycles. The van der Waals surface area contributed by atoms with Gasteiger partial charge in [-0.05, 0) is 62.1 Å². The number of aliphatic hydroxyl groups excluding tert-OH is 1. The maximum atomic E-state index is 13.1. The Morgan fingerprint density at radius 3 is 2.67 bits per heavy atom. The summed E-state index contributed by atoms with van der Waals surface area (Å²) in [6, 6.07) is 14.5. The molecule has 2 N–H and O–H groups in total. The van der Waals surface area contributed by atoms with E-state index in [1.807, 2.05) is 29.2 Å². The molecular formula is C22H27N3O2. The first kappa shape index (κ1) is 17.9. The van der Waals surface area contributed by atoms with Gasteiger partial charge in [-0.1, -0.05) is 18.2 Å². The molecule has 5 nitrogen and oxygen atoms in total. The molecule has 5 heteroatoms. The van der Waals surface area contributed by atoms with Gasteiger partial charge in [0.1, 0.15) is 6.17 Å². The van der Waals surface area contributed by atoms with Crippen LogP contribution in [0.1, 0.15) is 47.4 Å². The summed E-state index contributed by atoms with van der Waals surface area (Å²) in [5, 5.41) is 12.9. The van der Waals surface area contributed by atoms with E-state index < -0.39 is 0 Å². The van der Waals surface area contributed by atoms with Crippen molar-refractivity contribution in [2.45, 2.75) is 38.9 Å². The van der Waals surface area contributed by atoms with E-state index in [1.165, 1.54) is 0 Å². The number of nitrogens with one attached hydrogen (secondary N) is 1. The summed E-state index contributed by atoms with van der Waals surface area (Å²) < 4.78 is 0. The predicted octanol–water partition coefficient (Wildman–Crippen LogP) is 3.54. The van der Waals surface area contributed by atoms with Crippen LogP contribution < -0.4 is 10.2 Å². The first-order valence-corrected chi connectivity index (χ1v) is 9.78. The quantitative estimate of drug-likeness (QED) is 0.822. The number of para-hydroxylation sites is 1. The predicted molar refractivity (Wildman–Crippen MR) is 108 cm³/mol. The normalized spacial score (nSPS) is 18.9. The average Bonchev–Trinajstić information content (AvgIpc) is 3.51. The van der Waals surface area contributed by atoms with Crippen molar-refractivity contribution in [1.29, 1.82) is 0 Å². The second-order valence-electron chi connectivity index (χ2n) is 7.38. The van der Waals surface area contributed by atoms with Crippen LogP contribution in [0.15, 0.2) is 42.5 Å². The minimum Gasteiger partial charge on any atom is -0.395 e. The highest BCUT2D eigenvalue weighted by Gasteiger charge is 2.42. The molecule has 1 atom stereocenters. The summed E-state index contributed by atoms with van der Waals surface area (Å²) in [7, 11) is 0. The molecule has 4 rings (SSSR count). The maximum Gasteiger partial charge on any atom is 0.258 e. The van der Waals surface area contributed by atoms with Crippen molar-refractivity contribution in [3.63, 3.8) is 0 Å². The Kier molecular flexibility index (Phi) is 4.79. The van der Waals surface area contributed by atoms with Gasteiger partial charge >= 0.3 is 0 Å². The third kappa shape index (κ3) is 3.28. The molecule has 1 saturated carbocycles. The second-order valence-corrected chi connectivity index (χ2v) is 7.38. The summed E-state index contributed by atoms with van der Waals surface area (Å²) >= 11 is 0. The average molecular weight is 365 g/mol. The van der Waals surface area contributed by atoms with E-state index in [1.54, 1.807) is 0 Å². The third-order valence-electron chi connectivity index (χ3n) is 5.57. The van der Waals surface area contributed by atoms with Crippen molar-refractivity contribution < 1.29 is 9.90 Å². The molecule has 1 fully saturated rings. The second kappa shape index (κ2) is 7.24. The summed E-state index contributed by atoms with van der Waals surface area (Å²) in [5.41, 5.74) is 5.06. The van der Waals surface area contributed by atoms with Crippen molar-refractivity contribution >= 4 is 17.3 Å². The lowest BCUT2D eigenvalue weighted by Gasteiger charge is -2.39. The zero-order valence-corrected chi connectivity index (χ0v) is 16.0. The molecule has 27 heavy (non-hydrogen) atoms. The number of fused-ring (bicyclic) bond motifs is 1. The first-order chi connectivity index (χ1) is 13.1. The van der Waals surface area contributed by atoms with Crippen molar-refractivity contribution in [3.05, 3.63) is 59.2 Å². The largest absolute Gasteiger partial charge is 0.395 e. The summed E-state index contributed by atoms with van der Waals surface area (Å²) in [5.74, 6) is 0.121. The van der Waals surface area contributed by atoms with Crippen molar-refractivity contribution in [3.8, 4) is 0 Å². The van der Waals surface area contributed by atoms with Gasteiger partial charge in [-0.25, -0.2) is 0 Å². The van der Waals surface area contributed by atoms with Gasteiger partial charge in [0, 0.05) is 30.5 Å². The molecule has 0 spiro atoms. The Morgan fingerprint density at radius 1 is 1.22 bits per heavy atom. The van der Waals surface area contributed by atoms with E-state index in [0.29, 0.717) is 12.6 Å². The number of aliphatic hydroxyl groups is 1. The SMILES string of the molecule is CCN(CCO)c1ccc([C@@H]2Nc3ccccc3C(=O)N2C2CC2)c(C)c1. The van der Waals surface area contributed by atoms with Crippen LogP contribution in [0.4, 0.5) is 11.4 Å². The van der Waals surface area contributed by atoms with Gasteiger partial charge in [0.15, 0.2) is 0 Å². The van der Waals surface area contributed by atoms with E-state index in [0.717, 1.165) is 47.5 Å². The highest BCUT2D eigenvalue weighted by molar-refractivity contribution is 6.02. The molecular weight excluding hydrogens is 338 g/mol. The van der Waals surface area contributed by atoms with Gasteiger partial charge in [-0.2, -0.15) is 0 Å². The minimum absolute atomic E-state index is 0.121. The van der Waals surface area contributed by atoms with Crippen molar-refractivity contribution in [2.24, 2.45) is 0 Å². The highest BCUT2D eigenvalue weighted by atomic mass is 16.3. The minimum atomic E-state index is -0.137. The number of benzene rings is 2. The van der Waals surface area contributed by atoms with Crippen LogP contribution in [0.3, 0.4) is 0 Å². The molecule has 0 radical (unpaired) electrons. The molecule has 2 aliphatic rings. The number of carbonyl (C=O) groups excluding carboxylic acids is 1. The molecule has 1 aliphatic heterocycles. The maximum absolute atomic E-state index is 13.1. The molecule has 1 aliphatic carbocycles. The zero-order chi connectivity index (χ0) is 19.0. The number of carbonyl (C=O) groups is 1. The number of rotatable bonds is 6. The van der Waals surface area contributed by atoms with Crippen molar-refractivity contribution in [2.75, 3.05) is 29.9 Å². The van der Waals surface area contributed by atoms with E-state index in [4.69, 9.17) is 0 Å². The van der Waals surface area contributed by atoms with Crippen LogP contribution >= 0.6 is 0 Å². The van der Waals surface area contributed by atoms with Crippen LogP contribution in [0.5, 0.6) is 0 Å². The van der Waals surface area contributed by atoms with Gasteiger partial charge < -0.3 is 20.2 Å².